The molecule has 2 heterocycles. The predicted octanol–water partition coefficient (Wildman–Crippen LogP) is 2.68. The zero-order chi connectivity index (χ0) is 19.3. The number of nitrogens with one attached hydrogen (secondary N) is 1. The molecule has 2 aromatic carbocycles. The van der Waals surface area contributed by atoms with Crippen molar-refractivity contribution in [2.24, 2.45) is 5.92 Å². The zero-order valence-electron chi connectivity index (χ0n) is 15.8. The lowest BCUT2D eigenvalue weighted by atomic mass is 9.97. The van der Waals surface area contributed by atoms with Crippen molar-refractivity contribution in [3.05, 3.63) is 59.9 Å². The number of aryl methyl sites for hydroxylation is 1. The summed E-state index contributed by atoms with van der Waals surface area (Å²) in [7, 11) is 0. The van der Waals surface area contributed by atoms with Gasteiger partial charge in [-0.3, -0.25) is 4.79 Å². The Bertz CT molecular complexity index is 967. The molecule has 28 heavy (non-hydrogen) atoms. The van der Waals surface area contributed by atoms with Crippen LogP contribution in [-0.2, 0) is 24.4 Å². The Balaban J connectivity index is 1.33. The van der Waals surface area contributed by atoms with Crippen LogP contribution in [0, 0.1) is 5.92 Å². The van der Waals surface area contributed by atoms with Gasteiger partial charge in [0.2, 0.25) is 5.91 Å². The average molecular weight is 379 g/mol. The molecule has 6 nitrogen and oxygen atoms in total. The predicted molar refractivity (Wildman–Crippen MR) is 107 cm³/mol. The molecule has 0 saturated carbocycles. The maximum absolute atomic E-state index is 12.4. The number of fused-ring (bicyclic) bond motifs is 2. The first-order chi connectivity index (χ1) is 13.7. The molecule has 1 aromatic heterocycles. The molecule has 0 aliphatic carbocycles. The van der Waals surface area contributed by atoms with Gasteiger partial charge >= 0.3 is 0 Å². The number of para-hydroxylation sites is 3. The molecule has 1 amide bonds. The lowest BCUT2D eigenvalue weighted by Gasteiger charge is -2.15. The molecule has 0 saturated heterocycles. The number of rotatable bonds is 6. The third kappa shape index (κ3) is 4.02. The number of imidazole rings is 1. The molecule has 0 radical (unpaired) electrons. The van der Waals surface area contributed by atoms with E-state index >= 15 is 0 Å². The molecule has 0 unspecified atom stereocenters. The number of amides is 1. The molecule has 0 spiro atoms. The van der Waals surface area contributed by atoms with Gasteiger partial charge < -0.3 is 19.7 Å². The van der Waals surface area contributed by atoms with Crippen molar-refractivity contribution in [3.8, 4) is 5.75 Å². The molecule has 2 N–H and O–H groups in total. The minimum atomic E-state index is -0.141. The first-order valence-corrected chi connectivity index (χ1v) is 9.77. The summed E-state index contributed by atoms with van der Waals surface area (Å²) >= 11 is 0. The SMILES string of the molecule is O=C(CCn1c(CO)nc2ccccc21)NC[C@@H]1CCOc2ccccc2C1. The second-order valence-corrected chi connectivity index (χ2v) is 7.20. The topological polar surface area (TPSA) is 76.4 Å². The summed E-state index contributed by atoms with van der Waals surface area (Å²) in [6, 6.07) is 15.8. The lowest BCUT2D eigenvalue weighted by Crippen LogP contribution is -2.31. The van der Waals surface area contributed by atoms with Crippen molar-refractivity contribution in [1.29, 1.82) is 0 Å². The Morgan fingerprint density at radius 1 is 1.21 bits per heavy atom. The summed E-state index contributed by atoms with van der Waals surface area (Å²) in [5, 5.41) is 12.6. The smallest absolute Gasteiger partial charge is 0.221 e. The molecule has 1 aliphatic heterocycles. The van der Waals surface area contributed by atoms with E-state index in [2.05, 4.69) is 16.4 Å². The summed E-state index contributed by atoms with van der Waals surface area (Å²) in [5.74, 6) is 1.93. The highest BCUT2D eigenvalue weighted by atomic mass is 16.5. The number of benzene rings is 2. The first-order valence-electron chi connectivity index (χ1n) is 9.77. The first kappa shape index (κ1) is 18.5. The average Bonchev–Trinajstić information content (AvgIpc) is 2.95. The highest BCUT2D eigenvalue weighted by Crippen LogP contribution is 2.26. The fourth-order valence-electron chi connectivity index (χ4n) is 3.79. The molecule has 4 rings (SSSR count). The van der Waals surface area contributed by atoms with Gasteiger partial charge in [-0.05, 0) is 42.5 Å². The molecule has 146 valence electrons. The highest BCUT2D eigenvalue weighted by molar-refractivity contribution is 5.78. The number of carbonyl (C=O) groups excluding carboxylic acids is 1. The molecule has 6 heteroatoms. The van der Waals surface area contributed by atoms with Crippen molar-refractivity contribution in [2.45, 2.75) is 32.4 Å². The maximum atomic E-state index is 12.4. The van der Waals surface area contributed by atoms with E-state index in [9.17, 15) is 9.90 Å². The Morgan fingerprint density at radius 2 is 2.04 bits per heavy atom. The minimum absolute atomic E-state index is 0.0140. The maximum Gasteiger partial charge on any atom is 0.221 e. The van der Waals surface area contributed by atoms with E-state index < -0.39 is 0 Å². The van der Waals surface area contributed by atoms with E-state index in [-0.39, 0.29) is 12.5 Å². The number of aromatic nitrogens is 2. The fraction of sp³-hybridized carbons (Fsp3) is 0.364. The van der Waals surface area contributed by atoms with Crippen LogP contribution in [-0.4, -0.2) is 33.7 Å². The Labute approximate surface area is 164 Å². The lowest BCUT2D eigenvalue weighted by molar-refractivity contribution is -0.121. The third-order valence-corrected chi connectivity index (χ3v) is 5.29. The summed E-state index contributed by atoms with van der Waals surface area (Å²) in [5.41, 5.74) is 2.98. The number of aliphatic hydroxyl groups is 1. The van der Waals surface area contributed by atoms with Crippen LogP contribution >= 0.6 is 0 Å². The van der Waals surface area contributed by atoms with Gasteiger partial charge in [-0.25, -0.2) is 4.98 Å². The monoisotopic (exact) mass is 379 g/mol. The van der Waals surface area contributed by atoms with Crippen molar-refractivity contribution in [1.82, 2.24) is 14.9 Å². The molecule has 0 bridgehead atoms. The second kappa shape index (κ2) is 8.44. The van der Waals surface area contributed by atoms with E-state index in [1.54, 1.807) is 0 Å². The molecular formula is C22H25N3O3. The normalized spacial score (nSPS) is 16.2. The van der Waals surface area contributed by atoms with Crippen LogP contribution in [0.25, 0.3) is 11.0 Å². The number of nitrogens with zero attached hydrogens (tertiary/aromatic N) is 2. The van der Waals surface area contributed by atoms with Crippen molar-refractivity contribution >= 4 is 16.9 Å². The molecule has 1 aliphatic rings. The Kier molecular flexibility index (Phi) is 5.58. The third-order valence-electron chi connectivity index (χ3n) is 5.29. The van der Waals surface area contributed by atoms with Crippen LogP contribution in [0.4, 0.5) is 0 Å². The summed E-state index contributed by atoms with van der Waals surface area (Å²) in [6.07, 6.45) is 2.19. The van der Waals surface area contributed by atoms with E-state index in [0.29, 0.717) is 37.9 Å². The van der Waals surface area contributed by atoms with Crippen LogP contribution in [0.2, 0.25) is 0 Å². The summed E-state index contributed by atoms with van der Waals surface area (Å²) < 4.78 is 7.72. The highest BCUT2D eigenvalue weighted by Gasteiger charge is 2.18. The van der Waals surface area contributed by atoms with Crippen molar-refractivity contribution in [3.63, 3.8) is 0 Å². The zero-order valence-corrected chi connectivity index (χ0v) is 15.8. The van der Waals surface area contributed by atoms with Crippen molar-refractivity contribution in [2.75, 3.05) is 13.2 Å². The van der Waals surface area contributed by atoms with Gasteiger partial charge in [0, 0.05) is 19.5 Å². The molecule has 0 fully saturated rings. The minimum Gasteiger partial charge on any atom is -0.493 e. The van der Waals surface area contributed by atoms with Gasteiger partial charge in [0.15, 0.2) is 0 Å². The van der Waals surface area contributed by atoms with Crippen LogP contribution in [0.5, 0.6) is 5.75 Å². The summed E-state index contributed by atoms with van der Waals surface area (Å²) in [6.45, 7) is 1.68. The molecular weight excluding hydrogens is 354 g/mol. The van der Waals surface area contributed by atoms with Gasteiger partial charge in [-0.15, -0.1) is 0 Å². The molecule has 1 atom stereocenters. The number of hydrogen-bond acceptors (Lipinski definition) is 4. The van der Waals surface area contributed by atoms with Crippen LogP contribution in [0.1, 0.15) is 24.2 Å². The van der Waals surface area contributed by atoms with E-state index in [1.165, 1.54) is 5.56 Å². The second-order valence-electron chi connectivity index (χ2n) is 7.20. The standard InChI is InChI=1S/C22H25N3O3/c26-15-21-24-18-6-2-3-7-19(18)25(21)11-9-22(27)23-14-16-10-12-28-20-8-4-1-5-17(20)13-16/h1-8,16,26H,9-15H2,(H,23,27)/t16-/m1/s1. The van der Waals surface area contributed by atoms with Gasteiger partial charge in [0.25, 0.3) is 0 Å². The van der Waals surface area contributed by atoms with Crippen LogP contribution in [0.3, 0.4) is 0 Å². The Morgan fingerprint density at radius 3 is 2.93 bits per heavy atom. The van der Waals surface area contributed by atoms with E-state index in [1.807, 2.05) is 47.0 Å². The number of carbonyl (C=O) groups is 1. The largest absolute Gasteiger partial charge is 0.493 e. The van der Waals surface area contributed by atoms with Gasteiger partial charge in [-0.2, -0.15) is 0 Å². The number of ether oxygens (including phenoxy) is 1. The van der Waals surface area contributed by atoms with Crippen molar-refractivity contribution < 1.29 is 14.6 Å². The summed E-state index contributed by atoms with van der Waals surface area (Å²) in [4.78, 5) is 16.8. The van der Waals surface area contributed by atoms with Crippen LogP contribution in [0.15, 0.2) is 48.5 Å². The van der Waals surface area contributed by atoms with Gasteiger partial charge in [-0.1, -0.05) is 30.3 Å². The molecule has 3 aromatic rings. The van der Waals surface area contributed by atoms with E-state index in [0.717, 1.165) is 29.6 Å². The number of hydrogen-bond donors (Lipinski definition) is 2. The number of aliphatic hydroxyl groups excluding tert-OH is 1. The van der Waals surface area contributed by atoms with Gasteiger partial charge in [0.05, 0.1) is 17.6 Å². The fourth-order valence-corrected chi connectivity index (χ4v) is 3.79. The quantitative estimate of drug-likeness (QED) is 0.690. The van der Waals surface area contributed by atoms with Crippen LogP contribution < -0.4 is 10.1 Å². The Hall–Kier alpha value is -2.86. The van der Waals surface area contributed by atoms with Gasteiger partial charge in [0.1, 0.15) is 18.2 Å². The van der Waals surface area contributed by atoms with E-state index in [4.69, 9.17) is 4.74 Å².